The van der Waals surface area contributed by atoms with Gasteiger partial charge in [0.25, 0.3) is 0 Å². The van der Waals surface area contributed by atoms with Crippen LogP contribution in [0, 0.1) is 0 Å². The van der Waals surface area contributed by atoms with Crippen molar-refractivity contribution >= 4 is 5.97 Å². The zero-order valence-corrected chi connectivity index (χ0v) is 13.6. The average Bonchev–Trinajstić information content (AvgIpc) is 2.36. The molecule has 0 saturated heterocycles. The number of methoxy groups -OCH3 is 1. The highest BCUT2D eigenvalue weighted by molar-refractivity contribution is 5.80. The van der Waals surface area contributed by atoms with Crippen LogP contribution in [-0.4, -0.2) is 49.2 Å². The molecule has 0 amide bonds. The van der Waals surface area contributed by atoms with Crippen LogP contribution in [0.3, 0.4) is 0 Å². The predicted molar refractivity (Wildman–Crippen MR) is 80.3 cm³/mol. The topological polar surface area (TPSA) is 41.6 Å². The third-order valence-electron chi connectivity index (χ3n) is 3.57. The van der Waals surface area contributed by atoms with Crippen molar-refractivity contribution in [3.05, 3.63) is 0 Å². The van der Waals surface area contributed by atoms with E-state index in [1.807, 2.05) is 13.8 Å². The van der Waals surface area contributed by atoms with Crippen molar-refractivity contribution in [3.63, 3.8) is 0 Å². The molecule has 0 aliphatic rings. The molecule has 0 fully saturated rings. The normalized spacial score (nSPS) is 14.7. The van der Waals surface area contributed by atoms with Gasteiger partial charge in [0.1, 0.15) is 5.54 Å². The van der Waals surface area contributed by atoms with Crippen LogP contribution in [0.4, 0.5) is 0 Å². The van der Waals surface area contributed by atoms with E-state index in [0.29, 0.717) is 6.04 Å². The van der Waals surface area contributed by atoms with E-state index in [1.165, 1.54) is 13.5 Å². The maximum absolute atomic E-state index is 11.9. The van der Waals surface area contributed by atoms with Crippen molar-refractivity contribution in [3.8, 4) is 0 Å². The number of nitrogens with one attached hydrogen (secondary N) is 1. The minimum absolute atomic E-state index is 0.166. The van der Waals surface area contributed by atoms with Crippen LogP contribution in [0.1, 0.15) is 53.9 Å². The molecule has 0 aromatic rings. The van der Waals surface area contributed by atoms with Crippen molar-refractivity contribution < 1.29 is 9.53 Å². The molecule has 0 aliphatic heterocycles. The highest BCUT2D eigenvalue weighted by Gasteiger charge is 2.32. The Morgan fingerprint density at radius 3 is 2.37 bits per heavy atom. The second kappa shape index (κ2) is 9.32. The second-order valence-corrected chi connectivity index (χ2v) is 5.59. The molecule has 4 heteroatoms. The predicted octanol–water partition coefficient (Wildman–Crippen LogP) is 2.43. The average molecular weight is 272 g/mol. The van der Waals surface area contributed by atoms with Crippen LogP contribution in [-0.2, 0) is 9.53 Å². The lowest BCUT2D eigenvalue weighted by Gasteiger charge is -2.30. The standard InChI is InChI=1S/C15H32N2O2/c1-7-11-17(13(3)4)12-9-10-15(5,16-8-2)14(18)19-6/h13,16H,7-12H2,1-6H3. The quantitative estimate of drug-likeness (QED) is 0.620. The second-order valence-electron chi connectivity index (χ2n) is 5.59. The van der Waals surface area contributed by atoms with Crippen LogP contribution in [0.2, 0.25) is 0 Å². The Morgan fingerprint density at radius 1 is 1.32 bits per heavy atom. The van der Waals surface area contributed by atoms with Gasteiger partial charge < -0.3 is 15.0 Å². The molecule has 1 N–H and O–H groups in total. The number of esters is 1. The van der Waals surface area contributed by atoms with Gasteiger partial charge in [-0.3, -0.25) is 4.79 Å². The van der Waals surface area contributed by atoms with Crippen LogP contribution in [0.5, 0.6) is 0 Å². The van der Waals surface area contributed by atoms with E-state index in [1.54, 1.807) is 0 Å². The highest BCUT2D eigenvalue weighted by atomic mass is 16.5. The van der Waals surface area contributed by atoms with Crippen molar-refractivity contribution in [2.75, 3.05) is 26.7 Å². The number of hydrogen-bond donors (Lipinski definition) is 1. The zero-order chi connectivity index (χ0) is 14.9. The fraction of sp³-hybridized carbons (Fsp3) is 0.933. The smallest absolute Gasteiger partial charge is 0.325 e. The van der Waals surface area contributed by atoms with Crippen LogP contribution in [0.15, 0.2) is 0 Å². The third kappa shape index (κ3) is 6.39. The number of carbonyl (C=O) groups is 1. The molecule has 0 spiro atoms. The van der Waals surface area contributed by atoms with Gasteiger partial charge in [-0.2, -0.15) is 0 Å². The largest absolute Gasteiger partial charge is 0.468 e. The summed E-state index contributed by atoms with van der Waals surface area (Å²) in [4.78, 5) is 14.3. The highest BCUT2D eigenvalue weighted by Crippen LogP contribution is 2.15. The molecule has 0 bridgehead atoms. The number of rotatable bonds is 10. The van der Waals surface area contributed by atoms with Crippen LogP contribution in [0.25, 0.3) is 0 Å². The third-order valence-corrected chi connectivity index (χ3v) is 3.57. The number of likely N-dealkylation sites (N-methyl/N-ethyl adjacent to an activating group) is 1. The summed E-state index contributed by atoms with van der Waals surface area (Å²) >= 11 is 0. The molecule has 1 unspecified atom stereocenters. The zero-order valence-electron chi connectivity index (χ0n) is 13.6. The van der Waals surface area contributed by atoms with Gasteiger partial charge in [0, 0.05) is 6.04 Å². The monoisotopic (exact) mass is 272 g/mol. The fourth-order valence-electron chi connectivity index (χ4n) is 2.43. The summed E-state index contributed by atoms with van der Waals surface area (Å²) in [7, 11) is 1.45. The summed E-state index contributed by atoms with van der Waals surface area (Å²) in [5.74, 6) is -0.166. The molecule has 0 aromatic carbocycles. The number of ether oxygens (including phenoxy) is 1. The molecule has 19 heavy (non-hydrogen) atoms. The number of carbonyl (C=O) groups excluding carboxylic acids is 1. The van der Waals surface area contributed by atoms with Crippen molar-refractivity contribution in [1.29, 1.82) is 0 Å². The van der Waals surface area contributed by atoms with E-state index in [-0.39, 0.29) is 5.97 Å². The van der Waals surface area contributed by atoms with Gasteiger partial charge in [-0.25, -0.2) is 0 Å². The summed E-state index contributed by atoms with van der Waals surface area (Å²) in [6.45, 7) is 13.5. The Bertz CT molecular complexity index is 257. The van der Waals surface area contributed by atoms with Gasteiger partial charge in [0.2, 0.25) is 0 Å². The molecule has 0 aromatic heterocycles. The van der Waals surface area contributed by atoms with Crippen molar-refractivity contribution in [2.24, 2.45) is 0 Å². The Labute approximate surface area is 118 Å². The maximum Gasteiger partial charge on any atom is 0.325 e. The molecule has 4 nitrogen and oxygen atoms in total. The van der Waals surface area contributed by atoms with Crippen LogP contribution < -0.4 is 5.32 Å². The fourth-order valence-corrected chi connectivity index (χ4v) is 2.43. The van der Waals surface area contributed by atoms with Crippen molar-refractivity contribution in [1.82, 2.24) is 10.2 Å². The molecule has 0 radical (unpaired) electrons. The van der Waals surface area contributed by atoms with E-state index in [0.717, 1.165) is 32.5 Å². The summed E-state index contributed by atoms with van der Waals surface area (Å²) in [5.41, 5.74) is -0.557. The lowest BCUT2D eigenvalue weighted by atomic mass is 9.95. The lowest BCUT2D eigenvalue weighted by Crippen LogP contribution is -2.50. The van der Waals surface area contributed by atoms with Gasteiger partial charge in [0.05, 0.1) is 7.11 Å². The number of hydrogen-bond acceptors (Lipinski definition) is 4. The van der Waals surface area contributed by atoms with E-state index in [9.17, 15) is 4.79 Å². The Balaban J connectivity index is 4.35. The molecule has 0 aliphatic carbocycles. The van der Waals surface area contributed by atoms with E-state index < -0.39 is 5.54 Å². The SMILES string of the molecule is CCCN(CCCC(C)(NCC)C(=O)OC)C(C)C. The summed E-state index contributed by atoms with van der Waals surface area (Å²) in [6, 6.07) is 0.559. The first-order valence-corrected chi connectivity index (χ1v) is 7.48. The van der Waals surface area contributed by atoms with Gasteiger partial charge in [-0.1, -0.05) is 13.8 Å². The van der Waals surface area contributed by atoms with E-state index >= 15 is 0 Å². The first-order chi connectivity index (χ1) is 8.91. The summed E-state index contributed by atoms with van der Waals surface area (Å²) in [5, 5.41) is 3.25. The molecule has 0 saturated carbocycles. The van der Waals surface area contributed by atoms with Crippen LogP contribution >= 0.6 is 0 Å². The molecular weight excluding hydrogens is 240 g/mol. The molecule has 0 heterocycles. The molecular formula is C15H32N2O2. The minimum Gasteiger partial charge on any atom is -0.468 e. The van der Waals surface area contributed by atoms with E-state index in [4.69, 9.17) is 4.74 Å². The van der Waals surface area contributed by atoms with Gasteiger partial charge >= 0.3 is 5.97 Å². The first-order valence-electron chi connectivity index (χ1n) is 7.48. The van der Waals surface area contributed by atoms with Gasteiger partial charge in [0.15, 0.2) is 0 Å². The van der Waals surface area contributed by atoms with Gasteiger partial charge in [-0.15, -0.1) is 0 Å². The Kier molecular flexibility index (Phi) is 9.02. The first kappa shape index (κ1) is 18.4. The Hall–Kier alpha value is -0.610. The Morgan fingerprint density at radius 2 is 1.95 bits per heavy atom. The van der Waals surface area contributed by atoms with Gasteiger partial charge in [-0.05, 0) is 59.7 Å². The number of nitrogens with zero attached hydrogens (tertiary/aromatic N) is 1. The van der Waals surface area contributed by atoms with E-state index in [2.05, 4.69) is 31.0 Å². The minimum atomic E-state index is -0.557. The summed E-state index contributed by atoms with van der Waals surface area (Å²) in [6.07, 6.45) is 2.97. The molecule has 114 valence electrons. The maximum atomic E-state index is 11.9. The van der Waals surface area contributed by atoms with Crippen molar-refractivity contribution in [2.45, 2.75) is 65.5 Å². The summed E-state index contributed by atoms with van der Waals surface area (Å²) < 4.78 is 4.91. The lowest BCUT2D eigenvalue weighted by molar-refractivity contribution is -0.148. The molecule has 0 rings (SSSR count). The molecule has 1 atom stereocenters.